The number of carbonyl (C=O) groups is 1. The molecule has 1 atom stereocenters. The molecule has 0 spiro atoms. The molecule has 1 unspecified atom stereocenters. The molecule has 0 radical (unpaired) electrons. The Morgan fingerprint density at radius 2 is 2.12 bits per heavy atom. The molecule has 2 fully saturated rings. The van der Waals surface area contributed by atoms with Gasteiger partial charge in [0.05, 0.1) is 43.2 Å². The Labute approximate surface area is 197 Å². The first-order valence-electron chi connectivity index (χ1n) is 11.7. The van der Waals surface area contributed by atoms with Gasteiger partial charge >= 0.3 is 0 Å². The lowest BCUT2D eigenvalue weighted by Crippen LogP contribution is -2.44. The third-order valence-corrected chi connectivity index (χ3v) is 6.20. The van der Waals surface area contributed by atoms with Crippen molar-refractivity contribution in [1.82, 2.24) is 39.7 Å². The minimum Gasteiger partial charge on any atom is -0.379 e. The van der Waals surface area contributed by atoms with Gasteiger partial charge in [-0.3, -0.25) is 19.5 Å². The molecule has 2 aliphatic heterocycles. The lowest BCUT2D eigenvalue weighted by molar-refractivity contribution is -0.127. The number of carbonyl (C=O) groups excluding carboxylic acids is 1. The van der Waals surface area contributed by atoms with Crippen LogP contribution in [-0.4, -0.2) is 97.6 Å². The second-order valence-electron chi connectivity index (χ2n) is 8.57. The van der Waals surface area contributed by atoms with Gasteiger partial charge in [0, 0.05) is 45.0 Å². The van der Waals surface area contributed by atoms with Gasteiger partial charge in [-0.25, -0.2) is 0 Å². The molecule has 1 amide bonds. The van der Waals surface area contributed by atoms with E-state index < -0.39 is 0 Å². The van der Waals surface area contributed by atoms with E-state index in [0.29, 0.717) is 24.0 Å². The molecule has 2 aliphatic rings. The number of aromatic amines is 1. The van der Waals surface area contributed by atoms with E-state index in [9.17, 15) is 4.79 Å². The van der Waals surface area contributed by atoms with Gasteiger partial charge in [0.2, 0.25) is 11.9 Å². The third kappa shape index (κ3) is 5.18. The number of nitrogens with zero attached hydrogens (tertiary/aromatic N) is 7. The van der Waals surface area contributed by atoms with Gasteiger partial charge in [0.15, 0.2) is 5.65 Å². The highest BCUT2D eigenvalue weighted by atomic mass is 16.5. The van der Waals surface area contributed by atoms with Crippen molar-refractivity contribution in [2.75, 3.05) is 56.6 Å². The van der Waals surface area contributed by atoms with E-state index in [-0.39, 0.29) is 11.9 Å². The fourth-order valence-corrected chi connectivity index (χ4v) is 4.37. The van der Waals surface area contributed by atoms with Crippen LogP contribution in [0.5, 0.6) is 0 Å². The number of fused-ring (bicyclic) bond motifs is 1. The number of nitrogens with one attached hydrogen (secondary N) is 3. The Bertz CT molecular complexity index is 1140. The smallest absolute Gasteiger partial charge is 0.246 e. The summed E-state index contributed by atoms with van der Waals surface area (Å²) in [6.45, 7) is 10.2. The predicted molar refractivity (Wildman–Crippen MR) is 128 cm³/mol. The maximum Gasteiger partial charge on any atom is 0.246 e. The van der Waals surface area contributed by atoms with Crippen molar-refractivity contribution >= 4 is 34.4 Å². The quantitative estimate of drug-likeness (QED) is 0.420. The number of aromatic nitrogens is 6. The molecule has 0 aromatic carbocycles. The van der Waals surface area contributed by atoms with Crippen LogP contribution < -0.4 is 10.6 Å². The first kappa shape index (κ1) is 22.3. The molecule has 2 saturated heterocycles. The number of hydrogen-bond acceptors (Lipinski definition) is 9. The van der Waals surface area contributed by atoms with E-state index in [4.69, 9.17) is 9.72 Å². The van der Waals surface area contributed by atoms with Gasteiger partial charge in [0.1, 0.15) is 5.82 Å². The van der Waals surface area contributed by atoms with Crippen LogP contribution in [0.15, 0.2) is 31.2 Å². The number of hydrogen-bond donors (Lipinski definition) is 3. The maximum absolute atomic E-state index is 12.0. The topological polar surface area (TPSA) is 129 Å². The minimum atomic E-state index is -0.0457. The van der Waals surface area contributed by atoms with Crippen molar-refractivity contribution in [3.8, 4) is 0 Å². The molecule has 5 heterocycles. The van der Waals surface area contributed by atoms with Gasteiger partial charge in [-0.15, -0.1) is 0 Å². The van der Waals surface area contributed by atoms with E-state index in [1.807, 2.05) is 15.8 Å². The summed E-state index contributed by atoms with van der Waals surface area (Å²) in [5.41, 5.74) is 1.45. The molecule has 3 aromatic heterocycles. The molecule has 3 aromatic rings. The summed E-state index contributed by atoms with van der Waals surface area (Å²) in [7, 11) is 0. The van der Waals surface area contributed by atoms with Crippen molar-refractivity contribution in [1.29, 1.82) is 0 Å². The van der Waals surface area contributed by atoms with Gasteiger partial charge in [-0.2, -0.15) is 20.2 Å². The van der Waals surface area contributed by atoms with Gasteiger partial charge in [0.25, 0.3) is 0 Å². The molecule has 34 heavy (non-hydrogen) atoms. The summed E-state index contributed by atoms with van der Waals surface area (Å²) >= 11 is 0. The molecule has 180 valence electrons. The van der Waals surface area contributed by atoms with Crippen LogP contribution in [0.25, 0.3) is 11.0 Å². The monoisotopic (exact) mass is 466 g/mol. The van der Waals surface area contributed by atoms with Crippen LogP contribution in [0.4, 0.5) is 17.5 Å². The fourth-order valence-electron chi connectivity index (χ4n) is 4.37. The van der Waals surface area contributed by atoms with Crippen LogP contribution in [0.2, 0.25) is 0 Å². The van der Waals surface area contributed by atoms with Gasteiger partial charge in [-0.05, 0) is 18.9 Å². The van der Waals surface area contributed by atoms with Crippen molar-refractivity contribution in [3.05, 3.63) is 31.2 Å². The Morgan fingerprint density at radius 1 is 1.24 bits per heavy atom. The number of anilines is 3. The summed E-state index contributed by atoms with van der Waals surface area (Å²) in [6.07, 6.45) is 8.67. The third-order valence-electron chi connectivity index (χ3n) is 6.20. The molecule has 0 saturated carbocycles. The van der Waals surface area contributed by atoms with Crippen LogP contribution in [-0.2, 0) is 16.1 Å². The normalized spacial score (nSPS) is 19.3. The van der Waals surface area contributed by atoms with Crippen LogP contribution in [0.3, 0.4) is 0 Å². The van der Waals surface area contributed by atoms with Crippen molar-refractivity contribution in [2.45, 2.75) is 25.4 Å². The molecular weight excluding hydrogens is 436 g/mol. The minimum absolute atomic E-state index is 0.0457. The summed E-state index contributed by atoms with van der Waals surface area (Å²) in [5.74, 6) is 1.08. The van der Waals surface area contributed by atoms with Crippen LogP contribution in [0.1, 0.15) is 12.8 Å². The van der Waals surface area contributed by atoms with Gasteiger partial charge < -0.3 is 20.3 Å². The summed E-state index contributed by atoms with van der Waals surface area (Å²) < 4.78 is 7.32. The van der Waals surface area contributed by atoms with Gasteiger partial charge in [-0.1, -0.05) is 6.58 Å². The predicted octanol–water partition coefficient (Wildman–Crippen LogP) is 1.21. The summed E-state index contributed by atoms with van der Waals surface area (Å²) in [5, 5.41) is 19.1. The number of amides is 1. The van der Waals surface area contributed by atoms with E-state index in [0.717, 1.165) is 69.9 Å². The van der Waals surface area contributed by atoms with Crippen molar-refractivity contribution in [2.24, 2.45) is 0 Å². The number of ether oxygens (including phenoxy) is 1. The highest BCUT2D eigenvalue weighted by Gasteiger charge is 2.23. The SMILES string of the molecule is C=CC(=O)N1CCCC(Nc2nc(Nc3cnn(CCN4CCOCC4)c3)nc3[nH]ncc23)C1. The molecule has 3 N–H and O–H groups in total. The Balaban J connectivity index is 1.26. The molecular formula is C22H30N10O2. The maximum atomic E-state index is 12.0. The Hall–Kier alpha value is -3.51. The Kier molecular flexibility index (Phi) is 6.67. The van der Waals surface area contributed by atoms with Crippen molar-refractivity contribution in [3.63, 3.8) is 0 Å². The van der Waals surface area contributed by atoms with E-state index in [1.165, 1.54) is 6.08 Å². The second kappa shape index (κ2) is 10.2. The first-order valence-corrected chi connectivity index (χ1v) is 11.7. The lowest BCUT2D eigenvalue weighted by atomic mass is 10.1. The van der Waals surface area contributed by atoms with E-state index in [1.54, 1.807) is 12.4 Å². The Morgan fingerprint density at radius 3 is 2.97 bits per heavy atom. The summed E-state index contributed by atoms with van der Waals surface area (Å²) in [6, 6.07) is 0.0847. The lowest BCUT2D eigenvalue weighted by Gasteiger charge is -2.32. The largest absolute Gasteiger partial charge is 0.379 e. The number of morpholine rings is 1. The molecule has 0 bridgehead atoms. The fraction of sp³-hybridized carbons (Fsp3) is 0.500. The average molecular weight is 467 g/mol. The average Bonchev–Trinajstić information content (AvgIpc) is 3.53. The zero-order chi connectivity index (χ0) is 23.3. The van der Waals surface area contributed by atoms with E-state index in [2.05, 4.69) is 42.4 Å². The molecule has 0 aliphatic carbocycles. The highest BCUT2D eigenvalue weighted by Crippen LogP contribution is 2.24. The molecule has 12 nitrogen and oxygen atoms in total. The number of H-pyrrole nitrogens is 1. The standard InChI is InChI=1S/C22H30N10O2/c1-2-19(33)31-5-3-4-16(14-31)25-20-18-13-23-29-21(18)28-22(27-20)26-17-12-24-32(15-17)7-6-30-8-10-34-11-9-30/h2,12-13,15-16H,1,3-11,14H2,(H3,23,25,26,27,28,29). The molecule has 5 rings (SSSR count). The second-order valence-corrected chi connectivity index (χ2v) is 8.57. The number of likely N-dealkylation sites (tertiary alicyclic amines) is 1. The van der Waals surface area contributed by atoms with Crippen LogP contribution in [0, 0.1) is 0 Å². The highest BCUT2D eigenvalue weighted by molar-refractivity contribution is 5.88. The zero-order valence-corrected chi connectivity index (χ0v) is 19.1. The summed E-state index contributed by atoms with van der Waals surface area (Å²) in [4.78, 5) is 25.5. The zero-order valence-electron chi connectivity index (χ0n) is 19.1. The van der Waals surface area contributed by atoms with Crippen LogP contribution >= 0.6 is 0 Å². The van der Waals surface area contributed by atoms with Crippen molar-refractivity contribution < 1.29 is 9.53 Å². The first-order chi connectivity index (χ1) is 16.7. The van der Waals surface area contributed by atoms with E-state index >= 15 is 0 Å². The molecule has 12 heteroatoms. The number of piperidine rings is 1. The number of rotatable bonds is 8.